The van der Waals surface area contributed by atoms with E-state index in [0.29, 0.717) is 0 Å². The highest BCUT2D eigenvalue weighted by Crippen LogP contribution is 2.36. The third kappa shape index (κ3) is 3.86. The predicted octanol–water partition coefficient (Wildman–Crippen LogP) is 4.37. The lowest BCUT2D eigenvalue weighted by Gasteiger charge is -2.37. The van der Waals surface area contributed by atoms with E-state index in [2.05, 4.69) is 45.6 Å². The standard InChI is InChI=1S/C22H24FN3/c23-19-8-4-7-18(13-19)21-25-16-20(26-21)15-22(9-11-24-12-10-22)14-17-5-2-1-3-6-17/h1-8,13,16,24H,9-12,14-15H2,(H,25,26). The maximum atomic E-state index is 13.5. The van der Waals surface area contributed by atoms with Crippen LogP contribution in [-0.2, 0) is 12.8 Å². The van der Waals surface area contributed by atoms with Gasteiger partial charge in [0, 0.05) is 17.5 Å². The molecule has 0 bridgehead atoms. The largest absolute Gasteiger partial charge is 0.342 e. The quantitative estimate of drug-likeness (QED) is 0.718. The molecular weight excluding hydrogens is 325 g/mol. The van der Waals surface area contributed by atoms with E-state index < -0.39 is 0 Å². The van der Waals surface area contributed by atoms with Crippen LogP contribution < -0.4 is 5.32 Å². The van der Waals surface area contributed by atoms with Gasteiger partial charge < -0.3 is 10.3 Å². The number of aromatic amines is 1. The Bertz CT molecular complexity index is 851. The lowest BCUT2D eigenvalue weighted by molar-refractivity contribution is 0.197. The zero-order chi connectivity index (χ0) is 17.8. The number of halogens is 1. The number of H-pyrrole nitrogens is 1. The molecule has 2 aromatic carbocycles. The van der Waals surface area contributed by atoms with Gasteiger partial charge in [-0.05, 0) is 61.9 Å². The summed E-state index contributed by atoms with van der Waals surface area (Å²) in [7, 11) is 0. The lowest BCUT2D eigenvalue weighted by Crippen LogP contribution is -2.39. The Morgan fingerprint density at radius 3 is 2.54 bits per heavy atom. The van der Waals surface area contributed by atoms with Crippen LogP contribution in [-0.4, -0.2) is 23.1 Å². The van der Waals surface area contributed by atoms with Crippen molar-refractivity contribution in [2.45, 2.75) is 25.7 Å². The minimum Gasteiger partial charge on any atom is -0.342 e. The van der Waals surface area contributed by atoms with Crippen LogP contribution in [0.2, 0.25) is 0 Å². The fraction of sp³-hybridized carbons (Fsp3) is 0.318. The van der Waals surface area contributed by atoms with E-state index in [1.165, 1.54) is 17.7 Å². The molecule has 4 rings (SSSR count). The molecule has 1 aliphatic heterocycles. The minimum absolute atomic E-state index is 0.234. The molecule has 1 saturated heterocycles. The van der Waals surface area contributed by atoms with Crippen molar-refractivity contribution < 1.29 is 4.39 Å². The molecule has 0 atom stereocenters. The third-order valence-corrected chi connectivity index (χ3v) is 5.38. The second kappa shape index (κ2) is 7.42. The fourth-order valence-corrected chi connectivity index (χ4v) is 4.04. The van der Waals surface area contributed by atoms with Crippen LogP contribution in [0.1, 0.15) is 24.1 Å². The van der Waals surface area contributed by atoms with Crippen molar-refractivity contribution in [3.05, 3.63) is 77.9 Å². The van der Waals surface area contributed by atoms with Crippen LogP contribution in [0.15, 0.2) is 60.8 Å². The minimum atomic E-state index is -0.237. The number of hydrogen-bond donors (Lipinski definition) is 2. The number of benzene rings is 2. The molecule has 26 heavy (non-hydrogen) atoms. The third-order valence-electron chi connectivity index (χ3n) is 5.38. The van der Waals surface area contributed by atoms with Gasteiger partial charge in [-0.25, -0.2) is 9.37 Å². The smallest absolute Gasteiger partial charge is 0.137 e. The monoisotopic (exact) mass is 349 g/mol. The van der Waals surface area contributed by atoms with E-state index in [0.717, 1.165) is 55.9 Å². The van der Waals surface area contributed by atoms with Crippen molar-refractivity contribution >= 4 is 0 Å². The Hall–Kier alpha value is -2.46. The summed E-state index contributed by atoms with van der Waals surface area (Å²) in [6, 6.07) is 17.3. The van der Waals surface area contributed by atoms with E-state index in [9.17, 15) is 4.39 Å². The average Bonchev–Trinajstić information content (AvgIpc) is 3.11. The van der Waals surface area contributed by atoms with Gasteiger partial charge in [0.25, 0.3) is 0 Å². The summed E-state index contributed by atoms with van der Waals surface area (Å²) in [4.78, 5) is 7.91. The van der Waals surface area contributed by atoms with E-state index in [4.69, 9.17) is 0 Å². The fourth-order valence-electron chi connectivity index (χ4n) is 4.04. The SMILES string of the molecule is Fc1cccc(-c2ncc(CC3(Cc4ccccc4)CCNCC3)[nH]2)c1. The molecule has 2 N–H and O–H groups in total. The van der Waals surface area contributed by atoms with E-state index in [1.54, 1.807) is 6.07 Å². The van der Waals surface area contributed by atoms with E-state index in [-0.39, 0.29) is 11.2 Å². The Morgan fingerprint density at radius 1 is 0.962 bits per heavy atom. The van der Waals surface area contributed by atoms with Gasteiger partial charge in [0.2, 0.25) is 0 Å². The average molecular weight is 349 g/mol. The molecule has 0 spiro atoms. The Balaban J connectivity index is 1.56. The number of rotatable bonds is 5. The van der Waals surface area contributed by atoms with E-state index in [1.807, 2.05) is 12.3 Å². The highest BCUT2D eigenvalue weighted by atomic mass is 19.1. The Labute approximate surface area is 153 Å². The van der Waals surface area contributed by atoms with Crippen molar-refractivity contribution in [3.8, 4) is 11.4 Å². The summed E-state index contributed by atoms with van der Waals surface area (Å²) >= 11 is 0. The van der Waals surface area contributed by atoms with Crippen molar-refractivity contribution in [2.24, 2.45) is 5.41 Å². The Kier molecular flexibility index (Phi) is 4.85. The van der Waals surface area contributed by atoms with Gasteiger partial charge in [0.05, 0.1) is 0 Å². The summed E-state index contributed by atoms with van der Waals surface area (Å²) < 4.78 is 13.5. The Morgan fingerprint density at radius 2 is 1.77 bits per heavy atom. The second-order valence-electron chi connectivity index (χ2n) is 7.36. The van der Waals surface area contributed by atoms with Gasteiger partial charge in [0.15, 0.2) is 0 Å². The summed E-state index contributed by atoms with van der Waals surface area (Å²) in [5, 5.41) is 3.48. The van der Waals surface area contributed by atoms with Crippen molar-refractivity contribution in [2.75, 3.05) is 13.1 Å². The van der Waals surface area contributed by atoms with Crippen LogP contribution in [0.3, 0.4) is 0 Å². The van der Waals surface area contributed by atoms with Gasteiger partial charge in [-0.15, -0.1) is 0 Å². The topological polar surface area (TPSA) is 40.7 Å². The summed E-state index contributed by atoms with van der Waals surface area (Å²) in [6.07, 6.45) is 6.25. The number of aromatic nitrogens is 2. The number of hydrogen-bond acceptors (Lipinski definition) is 2. The molecule has 1 aliphatic rings. The van der Waals surface area contributed by atoms with Gasteiger partial charge in [-0.2, -0.15) is 0 Å². The molecule has 1 fully saturated rings. The summed E-state index contributed by atoms with van der Waals surface area (Å²) in [6.45, 7) is 2.11. The van der Waals surface area contributed by atoms with Gasteiger partial charge in [-0.3, -0.25) is 0 Å². The number of imidazole rings is 1. The number of nitrogens with zero attached hydrogens (tertiary/aromatic N) is 1. The molecule has 0 saturated carbocycles. The summed E-state index contributed by atoms with van der Waals surface area (Å²) in [5.41, 5.74) is 3.54. The maximum Gasteiger partial charge on any atom is 0.137 e. The first-order valence-electron chi connectivity index (χ1n) is 9.27. The highest BCUT2D eigenvalue weighted by molar-refractivity contribution is 5.55. The van der Waals surface area contributed by atoms with Crippen molar-refractivity contribution in [3.63, 3.8) is 0 Å². The molecular formula is C22H24FN3. The molecule has 0 amide bonds. The zero-order valence-corrected chi connectivity index (χ0v) is 14.8. The van der Waals surface area contributed by atoms with Crippen LogP contribution in [0, 0.1) is 11.2 Å². The van der Waals surface area contributed by atoms with Crippen LogP contribution in [0.25, 0.3) is 11.4 Å². The normalized spacial score (nSPS) is 16.5. The number of nitrogens with one attached hydrogen (secondary N) is 2. The van der Waals surface area contributed by atoms with Crippen LogP contribution >= 0.6 is 0 Å². The molecule has 134 valence electrons. The summed E-state index contributed by atoms with van der Waals surface area (Å²) in [5.74, 6) is 0.502. The molecule has 0 aliphatic carbocycles. The lowest BCUT2D eigenvalue weighted by atomic mass is 9.71. The maximum absolute atomic E-state index is 13.5. The molecule has 4 heteroatoms. The van der Waals surface area contributed by atoms with Gasteiger partial charge in [0.1, 0.15) is 11.6 Å². The van der Waals surface area contributed by atoms with Crippen molar-refractivity contribution in [1.29, 1.82) is 0 Å². The first-order valence-corrected chi connectivity index (χ1v) is 9.27. The van der Waals surface area contributed by atoms with Crippen LogP contribution in [0.4, 0.5) is 4.39 Å². The molecule has 3 nitrogen and oxygen atoms in total. The van der Waals surface area contributed by atoms with Gasteiger partial charge in [-0.1, -0.05) is 42.5 Å². The molecule has 1 aromatic heterocycles. The predicted molar refractivity (Wildman–Crippen MR) is 102 cm³/mol. The second-order valence-corrected chi connectivity index (χ2v) is 7.36. The molecule has 3 aromatic rings. The molecule has 0 unspecified atom stereocenters. The van der Waals surface area contributed by atoms with Crippen LogP contribution in [0.5, 0.6) is 0 Å². The van der Waals surface area contributed by atoms with E-state index >= 15 is 0 Å². The number of piperidine rings is 1. The van der Waals surface area contributed by atoms with Gasteiger partial charge >= 0.3 is 0 Å². The van der Waals surface area contributed by atoms with Crippen molar-refractivity contribution in [1.82, 2.24) is 15.3 Å². The molecule has 0 radical (unpaired) electrons. The highest BCUT2D eigenvalue weighted by Gasteiger charge is 2.33. The first-order chi connectivity index (χ1) is 12.7. The zero-order valence-electron chi connectivity index (χ0n) is 14.8. The molecule has 2 heterocycles. The first kappa shape index (κ1) is 17.0.